The summed E-state index contributed by atoms with van der Waals surface area (Å²) in [5.41, 5.74) is 1.76. The van der Waals surface area contributed by atoms with Gasteiger partial charge in [-0.3, -0.25) is 0 Å². The minimum Gasteiger partial charge on any atom is -0.197 e. The van der Waals surface area contributed by atoms with E-state index in [0.717, 1.165) is 11.4 Å². The van der Waals surface area contributed by atoms with Crippen molar-refractivity contribution >= 4 is 12.2 Å². The van der Waals surface area contributed by atoms with Gasteiger partial charge in [0.25, 0.3) is 0 Å². The lowest BCUT2D eigenvalue weighted by Gasteiger charge is -1.83. The fourth-order valence-corrected chi connectivity index (χ4v) is 0.808. The highest BCUT2D eigenvalue weighted by Gasteiger charge is 1.97. The Morgan fingerprint density at radius 3 is 1.82 bits per heavy atom. The Labute approximate surface area is 65.8 Å². The standard InChI is InChI=1S/C8H11N3/c1-3-5-7-8(6-4-2)10-11-9-7/h3-6H,1-2H3,(H,9,10,11)/b5-3-,6-4+. The maximum atomic E-state index is 3.95. The van der Waals surface area contributed by atoms with Gasteiger partial charge in [-0.15, -0.1) is 0 Å². The summed E-state index contributed by atoms with van der Waals surface area (Å²) in [4.78, 5) is 0. The molecule has 0 aliphatic rings. The summed E-state index contributed by atoms with van der Waals surface area (Å²) in [6.07, 6.45) is 7.70. The Hall–Kier alpha value is -1.38. The molecule has 0 fully saturated rings. The molecular formula is C8H11N3. The molecule has 3 nitrogen and oxygen atoms in total. The van der Waals surface area contributed by atoms with Crippen LogP contribution in [0.2, 0.25) is 0 Å². The van der Waals surface area contributed by atoms with E-state index in [1.165, 1.54) is 0 Å². The molecule has 0 atom stereocenters. The number of allylic oxidation sites excluding steroid dienone is 2. The van der Waals surface area contributed by atoms with Crippen molar-refractivity contribution in [2.45, 2.75) is 13.8 Å². The van der Waals surface area contributed by atoms with Gasteiger partial charge in [-0.1, -0.05) is 12.2 Å². The second kappa shape index (κ2) is 3.71. The van der Waals surface area contributed by atoms with E-state index in [-0.39, 0.29) is 0 Å². The van der Waals surface area contributed by atoms with E-state index in [0.29, 0.717) is 0 Å². The largest absolute Gasteiger partial charge is 0.197 e. The van der Waals surface area contributed by atoms with Crippen LogP contribution in [0.4, 0.5) is 0 Å². The Morgan fingerprint density at radius 1 is 1.00 bits per heavy atom. The molecule has 0 amide bonds. The first kappa shape index (κ1) is 7.72. The maximum absolute atomic E-state index is 3.95. The van der Waals surface area contributed by atoms with E-state index >= 15 is 0 Å². The van der Waals surface area contributed by atoms with Gasteiger partial charge < -0.3 is 0 Å². The molecule has 1 heterocycles. The second-order valence-electron chi connectivity index (χ2n) is 2.09. The van der Waals surface area contributed by atoms with Crippen molar-refractivity contribution in [2.75, 3.05) is 0 Å². The summed E-state index contributed by atoms with van der Waals surface area (Å²) in [5.74, 6) is 0. The van der Waals surface area contributed by atoms with E-state index in [9.17, 15) is 0 Å². The van der Waals surface area contributed by atoms with Crippen LogP contribution in [0.25, 0.3) is 12.2 Å². The molecule has 1 rings (SSSR count). The molecule has 3 heteroatoms. The fourth-order valence-electron chi connectivity index (χ4n) is 0.808. The van der Waals surface area contributed by atoms with Gasteiger partial charge in [0.05, 0.1) is 0 Å². The van der Waals surface area contributed by atoms with Gasteiger partial charge in [-0.05, 0) is 26.0 Å². The zero-order valence-corrected chi connectivity index (χ0v) is 6.70. The molecule has 0 aromatic carbocycles. The summed E-state index contributed by atoms with van der Waals surface area (Å²) < 4.78 is 0. The van der Waals surface area contributed by atoms with Crippen molar-refractivity contribution < 1.29 is 0 Å². The number of aromatic amines is 1. The molecule has 0 unspecified atom stereocenters. The van der Waals surface area contributed by atoms with E-state index < -0.39 is 0 Å². The number of H-pyrrole nitrogens is 1. The van der Waals surface area contributed by atoms with Crippen LogP contribution >= 0.6 is 0 Å². The van der Waals surface area contributed by atoms with E-state index in [1.807, 2.05) is 38.2 Å². The summed E-state index contributed by atoms with van der Waals surface area (Å²) in [6, 6.07) is 0. The SMILES string of the molecule is C/C=C\c1n[nH]nc1/C=C/C. The van der Waals surface area contributed by atoms with Gasteiger partial charge in [0, 0.05) is 0 Å². The van der Waals surface area contributed by atoms with Crippen molar-refractivity contribution in [1.82, 2.24) is 15.4 Å². The minimum absolute atomic E-state index is 0.880. The van der Waals surface area contributed by atoms with E-state index in [2.05, 4.69) is 15.4 Å². The summed E-state index contributed by atoms with van der Waals surface area (Å²) in [5, 5.41) is 10.5. The Kier molecular flexibility index (Phi) is 2.60. The van der Waals surface area contributed by atoms with E-state index in [1.54, 1.807) is 0 Å². The molecule has 0 spiro atoms. The van der Waals surface area contributed by atoms with Crippen molar-refractivity contribution in [1.29, 1.82) is 0 Å². The lowest BCUT2D eigenvalue weighted by Crippen LogP contribution is -1.75. The zero-order chi connectivity index (χ0) is 8.10. The highest BCUT2D eigenvalue weighted by atomic mass is 15.3. The third-order valence-corrected chi connectivity index (χ3v) is 1.25. The number of hydrogen-bond donors (Lipinski definition) is 1. The highest BCUT2D eigenvalue weighted by molar-refractivity contribution is 5.58. The predicted octanol–water partition coefficient (Wildman–Crippen LogP) is 1.87. The minimum atomic E-state index is 0.880. The second-order valence-corrected chi connectivity index (χ2v) is 2.09. The summed E-state index contributed by atoms with van der Waals surface area (Å²) in [7, 11) is 0. The molecule has 11 heavy (non-hydrogen) atoms. The van der Waals surface area contributed by atoms with Crippen LogP contribution in [0, 0.1) is 0 Å². The third-order valence-electron chi connectivity index (χ3n) is 1.25. The number of hydrogen-bond acceptors (Lipinski definition) is 2. The van der Waals surface area contributed by atoms with Crippen LogP contribution in [-0.2, 0) is 0 Å². The number of aromatic nitrogens is 3. The number of nitrogens with one attached hydrogen (secondary N) is 1. The van der Waals surface area contributed by atoms with Crippen LogP contribution in [0.5, 0.6) is 0 Å². The molecule has 0 aliphatic carbocycles. The van der Waals surface area contributed by atoms with Gasteiger partial charge in [-0.2, -0.15) is 15.4 Å². The molecule has 1 aromatic rings. The van der Waals surface area contributed by atoms with Gasteiger partial charge in [0.1, 0.15) is 11.4 Å². The first-order valence-corrected chi connectivity index (χ1v) is 3.54. The van der Waals surface area contributed by atoms with Crippen LogP contribution in [0.15, 0.2) is 12.2 Å². The lowest BCUT2D eigenvalue weighted by atomic mass is 10.3. The fraction of sp³-hybridized carbons (Fsp3) is 0.250. The average Bonchev–Trinajstić information content (AvgIpc) is 2.39. The third kappa shape index (κ3) is 1.77. The van der Waals surface area contributed by atoms with Gasteiger partial charge >= 0.3 is 0 Å². The molecule has 1 aromatic heterocycles. The molecular weight excluding hydrogens is 138 g/mol. The van der Waals surface area contributed by atoms with Gasteiger partial charge in [0.2, 0.25) is 0 Å². The van der Waals surface area contributed by atoms with Crippen LogP contribution < -0.4 is 0 Å². The molecule has 0 radical (unpaired) electrons. The predicted molar refractivity (Wildman–Crippen MR) is 45.8 cm³/mol. The quantitative estimate of drug-likeness (QED) is 0.697. The number of nitrogens with zero attached hydrogens (tertiary/aromatic N) is 2. The average molecular weight is 149 g/mol. The maximum Gasteiger partial charge on any atom is 0.112 e. The Morgan fingerprint density at radius 2 is 1.45 bits per heavy atom. The zero-order valence-electron chi connectivity index (χ0n) is 6.70. The smallest absolute Gasteiger partial charge is 0.112 e. The summed E-state index contributed by atoms with van der Waals surface area (Å²) >= 11 is 0. The van der Waals surface area contributed by atoms with Crippen LogP contribution in [0.3, 0.4) is 0 Å². The van der Waals surface area contributed by atoms with E-state index in [4.69, 9.17) is 0 Å². The molecule has 0 saturated carbocycles. The normalized spacial score (nSPS) is 11.8. The van der Waals surface area contributed by atoms with Crippen molar-refractivity contribution in [2.24, 2.45) is 0 Å². The van der Waals surface area contributed by atoms with Crippen LogP contribution in [0.1, 0.15) is 25.2 Å². The van der Waals surface area contributed by atoms with Crippen LogP contribution in [-0.4, -0.2) is 15.4 Å². The van der Waals surface area contributed by atoms with Gasteiger partial charge in [0.15, 0.2) is 0 Å². The summed E-state index contributed by atoms with van der Waals surface area (Å²) in [6.45, 7) is 3.90. The topological polar surface area (TPSA) is 41.6 Å². The molecule has 0 saturated heterocycles. The van der Waals surface area contributed by atoms with Gasteiger partial charge in [-0.25, -0.2) is 0 Å². The first-order valence-electron chi connectivity index (χ1n) is 3.54. The van der Waals surface area contributed by atoms with Crippen molar-refractivity contribution in [3.05, 3.63) is 23.5 Å². The van der Waals surface area contributed by atoms with Crippen molar-refractivity contribution in [3.8, 4) is 0 Å². The Bertz CT molecular complexity index is 244. The number of rotatable bonds is 2. The molecule has 58 valence electrons. The molecule has 0 aliphatic heterocycles. The highest BCUT2D eigenvalue weighted by Crippen LogP contribution is 2.04. The Balaban J connectivity index is 2.95. The van der Waals surface area contributed by atoms with Crippen molar-refractivity contribution in [3.63, 3.8) is 0 Å². The first-order chi connectivity index (χ1) is 5.38. The molecule has 0 bridgehead atoms. The molecule has 1 N–H and O–H groups in total. The lowest BCUT2D eigenvalue weighted by molar-refractivity contribution is 0.934. The monoisotopic (exact) mass is 149 g/mol.